The summed E-state index contributed by atoms with van der Waals surface area (Å²) in [5, 5.41) is 17.5. The van der Waals surface area contributed by atoms with Gasteiger partial charge in [0.1, 0.15) is 5.69 Å². The maximum absolute atomic E-state index is 10.9. The van der Waals surface area contributed by atoms with Crippen LogP contribution >= 0.6 is 0 Å². The van der Waals surface area contributed by atoms with Gasteiger partial charge in [0, 0.05) is 6.07 Å². The van der Waals surface area contributed by atoms with Gasteiger partial charge in [0.05, 0.1) is 6.04 Å². The number of hydrogen-bond acceptors (Lipinski definition) is 6. The predicted octanol–water partition coefficient (Wildman–Crippen LogP) is 1.27. The number of hydrogen-bond donors (Lipinski definition) is 2. The van der Waals surface area contributed by atoms with Gasteiger partial charge in [-0.05, 0) is 25.5 Å². The normalized spacial score (nSPS) is 12.5. The summed E-state index contributed by atoms with van der Waals surface area (Å²) < 4.78 is 5.59. The van der Waals surface area contributed by atoms with Crippen molar-refractivity contribution in [2.24, 2.45) is 0 Å². The number of nitrogens with zero attached hydrogens (tertiary/aromatic N) is 3. The topological polar surface area (TPSA) is 96.7 Å². The van der Waals surface area contributed by atoms with Crippen LogP contribution in [-0.4, -0.2) is 26.9 Å². The maximum atomic E-state index is 10.9. The van der Waals surface area contributed by atoms with Gasteiger partial charge in [-0.3, -0.25) is 4.79 Å². The molecule has 102 valence electrons. The van der Waals surface area contributed by atoms with Crippen molar-refractivity contribution in [3.05, 3.63) is 28.4 Å². The van der Waals surface area contributed by atoms with Crippen LogP contribution in [0.2, 0.25) is 0 Å². The molecule has 2 heterocycles. The van der Waals surface area contributed by atoms with Gasteiger partial charge in [0.2, 0.25) is 5.89 Å². The molecule has 2 aromatic heterocycles. The molecule has 1 unspecified atom stereocenters. The van der Waals surface area contributed by atoms with Gasteiger partial charge in [0.25, 0.3) is 11.4 Å². The quantitative estimate of drug-likeness (QED) is 0.814. The van der Waals surface area contributed by atoms with E-state index in [4.69, 9.17) is 4.42 Å². The third-order valence-corrected chi connectivity index (χ3v) is 2.69. The lowest BCUT2D eigenvalue weighted by atomic mass is 10.2. The third-order valence-electron chi connectivity index (χ3n) is 2.69. The van der Waals surface area contributed by atoms with Crippen molar-refractivity contribution in [2.75, 3.05) is 6.54 Å². The van der Waals surface area contributed by atoms with Crippen molar-refractivity contribution >= 4 is 0 Å². The fraction of sp³-hybridized carbons (Fsp3) is 0.500. The summed E-state index contributed by atoms with van der Waals surface area (Å²) in [6.07, 6.45) is 1.90. The van der Waals surface area contributed by atoms with Crippen LogP contribution in [0.25, 0.3) is 11.6 Å². The molecule has 0 saturated carbocycles. The molecule has 0 saturated heterocycles. The first-order valence-electron chi connectivity index (χ1n) is 6.37. The molecule has 0 aliphatic rings. The van der Waals surface area contributed by atoms with E-state index in [2.05, 4.69) is 39.6 Å². The maximum Gasteiger partial charge on any atom is 0.268 e. The molecule has 7 nitrogen and oxygen atoms in total. The third kappa shape index (κ3) is 3.25. The summed E-state index contributed by atoms with van der Waals surface area (Å²) in [4.78, 5) is 10.9. The van der Waals surface area contributed by atoms with Gasteiger partial charge in [-0.1, -0.05) is 13.8 Å². The first kappa shape index (κ1) is 13.4. The van der Waals surface area contributed by atoms with E-state index >= 15 is 0 Å². The van der Waals surface area contributed by atoms with Crippen molar-refractivity contribution in [1.29, 1.82) is 0 Å². The average Bonchev–Trinajstić information content (AvgIpc) is 2.90. The van der Waals surface area contributed by atoms with E-state index in [1.807, 2.05) is 0 Å². The highest BCUT2D eigenvalue weighted by molar-refractivity contribution is 5.43. The van der Waals surface area contributed by atoms with E-state index in [-0.39, 0.29) is 11.6 Å². The second kappa shape index (κ2) is 6.24. The Hall–Kier alpha value is -2.02. The first-order valence-corrected chi connectivity index (χ1v) is 6.37. The van der Waals surface area contributed by atoms with E-state index in [0.717, 1.165) is 19.4 Å². The fourth-order valence-corrected chi connectivity index (χ4v) is 1.67. The van der Waals surface area contributed by atoms with Gasteiger partial charge in [-0.2, -0.15) is 5.10 Å². The molecule has 19 heavy (non-hydrogen) atoms. The predicted molar refractivity (Wildman–Crippen MR) is 69.5 cm³/mol. The zero-order valence-corrected chi connectivity index (χ0v) is 11.0. The molecule has 0 bridgehead atoms. The van der Waals surface area contributed by atoms with Crippen LogP contribution in [0.5, 0.6) is 0 Å². The highest BCUT2D eigenvalue weighted by Crippen LogP contribution is 2.19. The molecule has 2 rings (SSSR count). The number of aromatic nitrogens is 4. The summed E-state index contributed by atoms with van der Waals surface area (Å²) in [6.45, 7) is 5.05. The molecule has 0 radical (unpaired) electrons. The first-order chi connectivity index (χ1) is 9.24. The second-order valence-corrected chi connectivity index (χ2v) is 4.17. The summed E-state index contributed by atoms with van der Waals surface area (Å²) in [5.74, 6) is 0.849. The van der Waals surface area contributed by atoms with Gasteiger partial charge in [-0.25, -0.2) is 5.10 Å². The summed E-state index contributed by atoms with van der Waals surface area (Å²) >= 11 is 0. The minimum Gasteiger partial charge on any atom is -0.417 e. The number of H-pyrrole nitrogens is 1. The minimum absolute atomic E-state index is 0.0453. The van der Waals surface area contributed by atoms with E-state index in [0.29, 0.717) is 17.5 Å². The largest absolute Gasteiger partial charge is 0.417 e. The van der Waals surface area contributed by atoms with Crippen molar-refractivity contribution in [3.63, 3.8) is 0 Å². The summed E-state index contributed by atoms with van der Waals surface area (Å²) in [7, 11) is 0. The van der Waals surface area contributed by atoms with Crippen molar-refractivity contribution in [3.8, 4) is 11.6 Å². The van der Waals surface area contributed by atoms with E-state index < -0.39 is 0 Å². The van der Waals surface area contributed by atoms with Crippen LogP contribution in [0.4, 0.5) is 0 Å². The SMILES string of the molecule is CCCNC(CC)c1nnc(-c2ccc(=O)[nH]n2)o1. The monoisotopic (exact) mass is 263 g/mol. The molecule has 7 heteroatoms. The highest BCUT2D eigenvalue weighted by Gasteiger charge is 2.17. The van der Waals surface area contributed by atoms with Crippen molar-refractivity contribution in [2.45, 2.75) is 32.7 Å². The Morgan fingerprint density at radius 2 is 2.21 bits per heavy atom. The Balaban J connectivity index is 2.17. The Morgan fingerprint density at radius 1 is 1.37 bits per heavy atom. The molecule has 0 aliphatic heterocycles. The molecular formula is C12H17N5O2. The second-order valence-electron chi connectivity index (χ2n) is 4.17. The van der Waals surface area contributed by atoms with E-state index in [1.54, 1.807) is 6.07 Å². The van der Waals surface area contributed by atoms with Gasteiger partial charge in [-0.15, -0.1) is 10.2 Å². The lowest BCUT2D eigenvalue weighted by molar-refractivity contribution is 0.395. The van der Waals surface area contributed by atoms with Crippen molar-refractivity contribution in [1.82, 2.24) is 25.7 Å². The van der Waals surface area contributed by atoms with Crippen LogP contribution in [0, 0.1) is 0 Å². The molecular weight excluding hydrogens is 246 g/mol. The molecule has 1 atom stereocenters. The molecule has 2 aromatic rings. The molecule has 0 fully saturated rings. The molecule has 0 aromatic carbocycles. The average molecular weight is 263 g/mol. The number of nitrogens with one attached hydrogen (secondary N) is 2. The highest BCUT2D eigenvalue weighted by atomic mass is 16.4. The molecule has 0 spiro atoms. The fourth-order valence-electron chi connectivity index (χ4n) is 1.67. The molecule has 0 aliphatic carbocycles. The Kier molecular flexibility index (Phi) is 4.40. The van der Waals surface area contributed by atoms with Crippen LogP contribution in [-0.2, 0) is 0 Å². The smallest absolute Gasteiger partial charge is 0.268 e. The van der Waals surface area contributed by atoms with Crippen LogP contribution in [0.3, 0.4) is 0 Å². The number of rotatable bonds is 6. The van der Waals surface area contributed by atoms with Gasteiger partial charge in [0.15, 0.2) is 0 Å². The lowest BCUT2D eigenvalue weighted by Gasteiger charge is -2.11. The van der Waals surface area contributed by atoms with Gasteiger partial charge >= 0.3 is 0 Å². The number of aromatic amines is 1. The molecule has 0 amide bonds. The lowest BCUT2D eigenvalue weighted by Crippen LogP contribution is -2.21. The summed E-state index contributed by atoms with van der Waals surface area (Å²) in [6, 6.07) is 2.97. The van der Waals surface area contributed by atoms with Gasteiger partial charge < -0.3 is 9.73 Å². The Labute approximate surface area is 110 Å². The Bertz CT molecular complexity index is 557. The standard InChI is InChI=1S/C12H17N5O2/c1-3-7-13-8(4-2)11-16-17-12(19-11)9-5-6-10(18)15-14-9/h5-6,8,13H,3-4,7H2,1-2H3,(H,15,18). The van der Waals surface area contributed by atoms with Crippen molar-refractivity contribution < 1.29 is 4.42 Å². The molecule has 2 N–H and O–H groups in total. The zero-order valence-electron chi connectivity index (χ0n) is 11.0. The van der Waals surface area contributed by atoms with E-state index in [9.17, 15) is 4.79 Å². The summed E-state index contributed by atoms with van der Waals surface area (Å²) in [5.41, 5.74) is 0.197. The minimum atomic E-state index is -0.264. The van der Waals surface area contributed by atoms with Crippen LogP contribution < -0.4 is 10.9 Å². The zero-order chi connectivity index (χ0) is 13.7. The van der Waals surface area contributed by atoms with Crippen LogP contribution in [0.1, 0.15) is 38.6 Å². The van der Waals surface area contributed by atoms with Crippen LogP contribution in [0.15, 0.2) is 21.3 Å². The van der Waals surface area contributed by atoms with E-state index in [1.165, 1.54) is 6.07 Å². The Morgan fingerprint density at radius 3 is 2.84 bits per heavy atom.